The minimum Gasteiger partial charge on any atom is -0.328 e. The third-order valence-electron chi connectivity index (χ3n) is 2.49. The lowest BCUT2D eigenvalue weighted by Crippen LogP contribution is -2.17. The molecule has 1 unspecified atom stereocenters. The average Bonchev–Trinajstić information content (AvgIpc) is 2.60. The summed E-state index contributed by atoms with van der Waals surface area (Å²) in [7, 11) is 1.94. The second kappa shape index (κ2) is 4.49. The van der Waals surface area contributed by atoms with E-state index in [0.717, 1.165) is 17.7 Å². The molecule has 0 aliphatic carbocycles. The fourth-order valence-electron chi connectivity index (χ4n) is 1.87. The molecule has 2 N–H and O–H groups in total. The summed E-state index contributed by atoms with van der Waals surface area (Å²) in [6.45, 7) is 2.02. The van der Waals surface area contributed by atoms with Gasteiger partial charge in [-0.15, -0.1) is 0 Å². The van der Waals surface area contributed by atoms with Gasteiger partial charge in [-0.2, -0.15) is 5.10 Å². The van der Waals surface area contributed by atoms with Crippen LogP contribution in [0.25, 0.3) is 11.3 Å². The van der Waals surface area contributed by atoms with E-state index in [1.165, 1.54) is 5.56 Å². The van der Waals surface area contributed by atoms with Gasteiger partial charge in [0, 0.05) is 24.8 Å². The highest BCUT2D eigenvalue weighted by Gasteiger charge is 2.10. The van der Waals surface area contributed by atoms with Crippen LogP contribution in [-0.4, -0.2) is 15.8 Å². The van der Waals surface area contributed by atoms with Crippen molar-refractivity contribution in [2.75, 3.05) is 0 Å². The van der Waals surface area contributed by atoms with E-state index in [1.54, 1.807) is 0 Å². The average molecular weight is 215 g/mol. The van der Waals surface area contributed by atoms with Crippen LogP contribution >= 0.6 is 0 Å². The molecule has 1 aromatic carbocycles. The molecule has 0 saturated carbocycles. The van der Waals surface area contributed by atoms with E-state index in [1.807, 2.05) is 43.0 Å². The van der Waals surface area contributed by atoms with Gasteiger partial charge in [0.2, 0.25) is 0 Å². The quantitative estimate of drug-likeness (QED) is 0.850. The van der Waals surface area contributed by atoms with E-state index in [4.69, 9.17) is 5.73 Å². The first-order valence-corrected chi connectivity index (χ1v) is 5.50. The molecule has 0 saturated heterocycles. The van der Waals surface area contributed by atoms with Crippen molar-refractivity contribution in [3.63, 3.8) is 0 Å². The third-order valence-corrected chi connectivity index (χ3v) is 2.49. The summed E-state index contributed by atoms with van der Waals surface area (Å²) in [5.41, 5.74) is 9.25. The standard InChI is InChI=1S/C13H17N3/c1-10(14)8-12-9-16(2)15-13(12)11-6-4-3-5-7-11/h3-7,9-10H,8,14H2,1-2H3. The lowest BCUT2D eigenvalue weighted by molar-refractivity contribution is 0.734. The smallest absolute Gasteiger partial charge is 0.0955 e. The topological polar surface area (TPSA) is 43.8 Å². The number of nitrogens with zero attached hydrogens (tertiary/aromatic N) is 2. The highest BCUT2D eigenvalue weighted by atomic mass is 15.2. The summed E-state index contributed by atoms with van der Waals surface area (Å²) in [5, 5.41) is 4.50. The Morgan fingerprint density at radius 1 is 1.31 bits per heavy atom. The van der Waals surface area contributed by atoms with Gasteiger partial charge in [0.15, 0.2) is 0 Å². The van der Waals surface area contributed by atoms with Gasteiger partial charge in [-0.3, -0.25) is 4.68 Å². The maximum Gasteiger partial charge on any atom is 0.0955 e. The van der Waals surface area contributed by atoms with Gasteiger partial charge < -0.3 is 5.73 Å². The SMILES string of the molecule is CC(N)Cc1cn(C)nc1-c1ccccc1. The van der Waals surface area contributed by atoms with E-state index < -0.39 is 0 Å². The molecule has 0 spiro atoms. The first kappa shape index (κ1) is 10.9. The van der Waals surface area contributed by atoms with Gasteiger partial charge in [0.1, 0.15) is 0 Å². The van der Waals surface area contributed by atoms with Gasteiger partial charge in [-0.1, -0.05) is 30.3 Å². The molecular formula is C13H17N3. The number of nitrogens with two attached hydrogens (primary N) is 1. The molecule has 2 aromatic rings. The molecule has 1 heterocycles. The first-order valence-electron chi connectivity index (χ1n) is 5.50. The molecule has 0 aliphatic rings. The molecule has 1 aromatic heterocycles. The predicted octanol–water partition coefficient (Wildman–Crippen LogP) is 1.98. The summed E-state index contributed by atoms with van der Waals surface area (Å²) >= 11 is 0. The van der Waals surface area contributed by atoms with Crippen LogP contribution in [0.2, 0.25) is 0 Å². The summed E-state index contributed by atoms with van der Waals surface area (Å²) in [6, 6.07) is 10.4. The molecule has 3 nitrogen and oxygen atoms in total. The molecule has 2 rings (SSSR count). The minimum atomic E-state index is 0.159. The van der Waals surface area contributed by atoms with Crippen LogP contribution in [0.3, 0.4) is 0 Å². The lowest BCUT2D eigenvalue weighted by atomic mass is 10.0. The summed E-state index contributed by atoms with van der Waals surface area (Å²) in [5.74, 6) is 0. The molecule has 0 amide bonds. The molecule has 1 atom stereocenters. The highest BCUT2D eigenvalue weighted by molar-refractivity contribution is 5.62. The zero-order valence-electron chi connectivity index (χ0n) is 9.72. The Morgan fingerprint density at radius 2 is 2.00 bits per heavy atom. The van der Waals surface area contributed by atoms with Gasteiger partial charge in [-0.25, -0.2) is 0 Å². The fourth-order valence-corrected chi connectivity index (χ4v) is 1.87. The summed E-state index contributed by atoms with van der Waals surface area (Å²) in [4.78, 5) is 0. The molecule has 0 aliphatic heterocycles. The number of aryl methyl sites for hydroxylation is 1. The molecule has 16 heavy (non-hydrogen) atoms. The first-order chi connectivity index (χ1) is 7.66. The van der Waals surface area contributed by atoms with Crippen molar-refractivity contribution >= 4 is 0 Å². The van der Waals surface area contributed by atoms with Gasteiger partial charge in [0.05, 0.1) is 5.69 Å². The van der Waals surface area contributed by atoms with Gasteiger partial charge >= 0.3 is 0 Å². The molecule has 0 radical (unpaired) electrons. The van der Waals surface area contributed by atoms with Gasteiger partial charge in [0.25, 0.3) is 0 Å². The van der Waals surface area contributed by atoms with Crippen LogP contribution in [0.4, 0.5) is 0 Å². The largest absolute Gasteiger partial charge is 0.328 e. The van der Waals surface area contributed by atoms with Crippen LogP contribution in [0.1, 0.15) is 12.5 Å². The number of hydrogen-bond donors (Lipinski definition) is 1. The minimum absolute atomic E-state index is 0.159. The van der Waals surface area contributed by atoms with E-state index in [2.05, 4.69) is 17.2 Å². The summed E-state index contributed by atoms with van der Waals surface area (Å²) < 4.78 is 1.85. The van der Waals surface area contributed by atoms with Crippen molar-refractivity contribution in [1.29, 1.82) is 0 Å². The molecule has 84 valence electrons. The number of hydrogen-bond acceptors (Lipinski definition) is 2. The Labute approximate surface area is 95.9 Å². The van der Waals surface area contributed by atoms with Crippen molar-refractivity contribution in [3.05, 3.63) is 42.1 Å². The molecule has 0 fully saturated rings. The van der Waals surface area contributed by atoms with E-state index >= 15 is 0 Å². The molecule has 3 heteroatoms. The van der Waals surface area contributed by atoms with E-state index in [9.17, 15) is 0 Å². The fraction of sp³-hybridized carbons (Fsp3) is 0.308. The van der Waals surface area contributed by atoms with Gasteiger partial charge in [-0.05, 0) is 18.9 Å². The Balaban J connectivity index is 2.40. The lowest BCUT2D eigenvalue weighted by Gasteiger charge is -2.04. The number of benzene rings is 1. The van der Waals surface area contributed by atoms with Crippen molar-refractivity contribution in [2.45, 2.75) is 19.4 Å². The van der Waals surface area contributed by atoms with Crippen molar-refractivity contribution in [2.24, 2.45) is 12.8 Å². The van der Waals surface area contributed by atoms with Crippen molar-refractivity contribution in [1.82, 2.24) is 9.78 Å². The Bertz CT molecular complexity index is 457. The maximum atomic E-state index is 5.84. The second-order valence-electron chi connectivity index (χ2n) is 4.22. The van der Waals surface area contributed by atoms with Crippen molar-refractivity contribution < 1.29 is 0 Å². The zero-order valence-corrected chi connectivity index (χ0v) is 9.72. The Hall–Kier alpha value is -1.61. The van der Waals surface area contributed by atoms with E-state index in [0.29, 0.717) is 0 Å². The third kappa shape index (κ3) is 2.31. The summed E-state index contributed by atoms with van der Waals surface area (Å²) in [6.07, 6.45) is 2.91. The monoisotopic (exact) mass is 215 g/mol. The molecule has 0 bridgehead atoms. The number of rotatable bonds is 3. The van der Waals surface area contributed by atoms with E-state index in [-0.39, 0.29) is 6.04 Å². The Morgan fingerprint density at radius 3 is 2.62 bits per heavy atom. The van der Waals surface area contributed by atoms with Crippen LogP contribution in [0.5, 0.6) is 0 Å². The number of aromatic nitrogens is 2. The van der Waals surface area contributed by atoms with Crippen molar-refractivity contribution in [3.8, 4) is 11.3 Å². The van der Waals surface area contributed by atoms with Crippen LogP contribution < -0.4 is 5.73 Å². The van der Waals surface area contributed by atoms with Crippen LogP contribution in [0, 0.1) is 0 Å². The second-order valence-corrected chi connectivity index (χ2v) is 4.22. The predicted molar refractivity (Wildman–Crippen MR) is 66.0 cm³/mol. The highest BCUT2D eigenvalue weighted by Crippen LogP contribution is 2.22. The maximum absolute atomic E-state index is 5.84. The Kier molecular flexibility index (Phi) is 3.06. The normalized spacial score (nSPS) is 12.7. The van der Waals surface area contributed by atoms with Crippen LogP contribution in [0.15, 0.2) is 36.5 Å². The molecular weight excluding hydrogens is 198 g/mol. The zero-order chi connectivity index (χ0) is 11.5. The van der Waals surface area contributed by atoms with Crippen LogP contribution in [-0.2, 0) is 13.5 Å².